The van der Waals surface area contributed by atoms with Gasteiger partial charge in [-0.15, -0.1) is 6.58 Å². The Kier molecular flexibility index (Phi) is 9.82. The molecule has 2 rings (SSSR count). The Bertz CT molecular complexity index is 897. The first-order valence-electron chi connectivity index (χ1n) is 10.9. The quantitative estimate of drug-likeness (QED) is 0.203. The summed E-state index contributed by atoms with van der Waals surface area (Å²) in [4.78, 5) is 39.0. The van der Waals surface area contributed by atoms with Crippen LogP contribution < -0.4 is 10.8 Å². The normalized spacial score (nSPS) is 13.6. The van der Waals surface area contributed by atoms with E-state index in [0.29, 0.717) is 18.4 Å². The molecule has 170 valence electrons. The van der Waals surface area contributed by atoms with Crippen LogP contribution >= 0.6 is 0 Å². The predicted octanol–water partition coefficient (Wildman–Crippen LogP) is 3.96. The number of nitrogens with one attached hydrogen (secondary N) is 2. The van der Waals surface area contributed by atoms with Crippen LogP contribution in [0.1, 0.15) is 42.6 Å². The van der Waals surface area contributed by atoms with Gasteiger partial charge in [-0.2, -0.15) is 0 Å². The molecule has 0 spiro atoms. The fourth-order valence-electron chi connectivity index (χ4n) is 3.82. The molecule has 2 aromatic carbocycles. The molecule has 0 aliphatic rings. The maximum absolute atomic E-state index is 13.4. The SMILES string of the molecule is C=CC[C@@H](C(=O)NO)[C@@H](CC(C)C)C(=O)N[C@@H](Cc1ccccc1)C(=O)c1ccccc1. The molecule has 32 heavy (non-hydrogen) atoms. The van der Waals surface area contributed by atoms with Crippen LogP contribution in [0.4, 0.5) is 0 Å². The lowest BCUT2D eigenvalue weighted by molar-refractivity contribution is -0.140. The number of allylic oxidation sites excluding steroid dienone is 1. The molecule has 6 nitrogen and oxygen atoms in total. The van der Waals surface area contributed by atoms with Crippen LogP contribution in [-0.2, 0) is 16.0 Å². The highest BCUT2D eigenvalue weighted by atomic mass is 16.5. The van der Waals surface area contributed by atoms with Crippen LogP contribution in [0.5, 0.6) is 0 Å². The largest absolute Gasteiger partial charge is 0.345 e. The second kappa shape index (κ2) is 12.6. The Morgan fingerprint density at radius 2 is 1.53 bits per heavy atom. The summed E-state index contributed by atoms with van der Waals surface area (Å²) in [5, 5.41) is 12.1. The van der Waals surface area contributed by atoms with Crippen LogP contribution in [0.2, 0.25) is 0 Å². The summed E-state index contributed by atoms with van der Waals surface area (Å²) in [6.45, 7) is 7.59. The van der Waals surface area contributed by atoms with Gasteiger partial charge in [0, 0.05) is 12.0 Å². The molecule has 6 heteroatoms. The predicted molar refractivity (Wildman–Crippen MR) is 124 cm³/mol. The molecule has 0 saturated carbocycles. The van der Waals surface area contributed by atoms with Crippen molar-refractivity contribution < 1.29 is 19.6 Å². The molecule has 2 amide bonds. The van der Waals surface area contributed by atoms with E-state index in [0.717, 1.165) is 5.56 Å². The van der Waals surface area contributed by atoms with Crippen LogP contribution in [0, 0.1) is 17.8 Å². The lowest BCUT2D eigenvalue weighted by atomic mass is 9.81. The molecular weight excluding hydrogens is 404 g/mol. The van der Waals surface area contributed by atoms with Crippen LogP contribution in [0.15, 0.2) is 73.3 Å². The fraction of sp³-hybridized carbons (Fsp3) is 0.346. The first-order chi connectivity index (χ1) is 15.4. The standard InChI is InChI=1S/C26H32N2O4/c1-4-11-21(26(31)28-32)22(16-18(2)3)25(30)27-23(17-19-12-7-5-8-13-19)24(29)20-14-9-6-10-15-20/h4-10,12-15,18,21-23,32H,1,11,16-17H2,2-3H3,(H,27,30)(H,28,31)/t21-,22-,23+/m1/s1. The zero-order valence-corrected chi connectivity index (χ0v) is 18.7. The third-order valence-corrected chi connectivity index (χ3v) is 5.39. The lowest BCUT2D eigenvalue weighted by Gasteiger charge is -2.28. The van der Waals surface area contributed by atoms with Crippen molar-refractivity contribution >= 4 is 17.6 Å². The van der Waals surface area contributed by atoms with Gasteiger partial charge in [0.05, 0.1) is 17.9 Å². The van der Waals surface area contributed by atoms with Crippen molar-refractivity contribution in [2.75, 3.05) is 0 Å². The van der Waals surface area contributed by atoms with E-state index in [4.69, 9.17) is 0 Å². The number of carbonyl (C=O) groups is 3. The Labute approximate surface area is 189 Å². The fourth-order valence-corrected chi connectivity index (χ4v) is 3.82. The third-order valence-electron chi connectivity index (χ3n) is 5.39. The minimum Gasteiger partial charge on any atom is -0.345 e. The van der Waals surface area contributed by atoms with Gasteiger partial charge < -0.3 is 5.32 Å². The molecule has 0 bridgehead atoms. The summed E-state index contributed by atoms with van der Waals surface area (Å²) in [6, 6.07) is 17.5. The molecule has 0 heterocycles. The highest BCUT2D eigenvalue weighted by Crippen LogP contribution is 2.25. The van der Waals surface area contributed by atoms with E-state index >= 15 is 0 Å². The molecule has 0 radical (unpaired) electrons. The Morgan fingerprint density at radius 3 is 2.06 bits per heavy atom. The Balaban J connectivity index is 2.34. The second-order valence-electron chi connectivity index (χ2n) is 8.32. The zero-order chi connectivity index (χ0) is 23.5. The van der Waals surface area contributed by atoms with Crippen molar-refractivity contribution in [2.24, 2.45) is 17.8 Å². The number of Topliss-reactive ketones (excluding diaryl/α,β-unsaturated/α-hetero) is 1. The van der Waals surface area contributed by atoms with E-state index in [1.54, 1.807) is 35.8 Å². The summed E-state index contributed by atoms with van der Waals surface area (Å²) >= 11 is 0. The highest BCUT2D eigenvalue weighted by molar-refractivity contribution is 6.02. The number of hydrogen-bond donors (Lipinski definition) is 3. The molecule has 0 aromatic heterocycles. The maximum atomic E-state index is 13.4. The van der Waals surface area contributed by atoms with Crippen LogP contribution in [-0.4, -0.2) is 28.8 Å². The van der Waals surface area contributed by atoms with Crippen molar-refractivity contribution in [2.45, 2.75) is 39.2 Å². The topological polar surface area (TPSA) is 95.5 Å². The lowest BCUT2D eigenvalue weighted by Crippen LogP contribution is -2.48. The molecule has 0 aliphatic heterocycles. The van der Waals surface area contributed by atoms with Gasteiger partial charge in [0.2, 0.25) is 11.8 Å². The number of amides is 2. The Morgan fingerprint density at radius 1 is 0.938 bits per heavy atom. The molecule has 3 atom stereocenters. The molecule has 2 aromatic rings. The number of hydroxylamine groups is 1. The first kappa shape index (κ1) is 25.0. The average molecular weight is 437 g/mol. The second-order valence-corrected chi connectivity index (χ2v) is 8.32. The number of ketones is 1. The van der Waals surface area contributed by atoms with E-state index < -0.39 is 23.8 Å². The van der Waals surface area contributed by atoms with Gasteiger partial charge >= 0.3 is 0 Å². The molecule has 0 aliphatic carbocycles. The van der Waals surface area contributed by atoms with Crippen LogP contribution in [0.25, 0.3) is 0 Å². The molecule has 0 saturated heterocycles. The molecule has 0 fully saturated rings. The van der Waals surface area contributed by atoms with Crippen molar-refractivity contribution in [1.82, 2.24) is 10.8 Å². The summed E-state index contributed by atoms with van der Waals surface area (Å²) in [7, 11) is 0. The minimum absolute atomic E-state index is 0.127. The smallest absolute Gasteiger partial charge is 0.247 e. The third kappa shape index (κ3) is 7.17. The van der Waals surface area contributed by atoms with E-state index in [1.165, 1.54) is 0 Å². The van der Waals surface area contributed by atoms with Crippen LogP contribution in [0.3, 0.4) is 0 Å². The summed E-state index contributed by atoms with van der Waals surface area (Å²) in [5.74, 6) is -2.61. The van der Waals surface area contributed by atoms with Crippen molar-refractivity contribution in [3.05, 3.63) is 84.4 Å². The van der Waals surface area contributed by atoms with E-state index in [1.807, 2.05) is 50.2 Å². The zero-order valence-electron chi connectivity index (χ0n) is 18.7. The number of benzene rings is 2. The van der Waals surface area contributed by atoms with E-state index in [9.17, 15) is 19.6 Å². The maximum Gasteiger partial charge on any atom is 0.247 e. The average Bonchev–Trinajstić information content (AvgIpc) is 2.81. The summed E-state index contributed by atoms with van der Waals surface area (Å²) in [5.41, 5.74) is 3.09. The number of rotatable bonds is 12. The van der Waals surface area contributed by atoms with E-state index in [-0.39, 0.29) is 24.0 Å². The van der Waals surface area contributed by atoms with Gasteiger partial charge in [0.1, 0.15) is 0 Å². The van der Waals surface area contributed by atoms with Gasteiger partial charge in [-0.3, -0.25) is 19.6 Å². The Hall–Kier alpha value is -3.25. The minimum atomic E-state index is -0.788. The molecular formula is C26H32N2O4. The molecule has 0 unspecified atom stereocenters. The monoisotopic (exact) mass is 436 g/mol. The van der Waals surface area contributed by atoms with Gasteiger partial charge in [0.25, 0.3) is 0 Å². The van der Waals surface area contributed by atoms with Gasteiger partial charge in [-0.05, 0) is 24.3 Å². The van der Waals surface area contributed by atoms with Crippen molar-refractivity contribution in [3.63, 3.8) is 0 Å². The molecule has 3 N–H and O–H groups in total. The van der Waals surface area contributed by atoms with Crippen molar-refractivity contribution in [1.29, 1.82) is 0 Å². The van der Waals surface area contributed by atoms with Gasteiger partial charge in [-0.25, -0.2) is 5.48 Å². The van der Waals surface area contributed by atoms with Crippen molar-refractivity contribution in [3.8, 4) is 0 Å². The van der Waals surface area contributed by atoms with Gasteiger partial charge in [0.15, 0.2) is 5.78 Å². The van der Waals surface area contributed by atoms with E-state index in [2.05, 4.69) is 11.9 Å². The number of carbonyl (C=O) groups excluding carboxylic acids is 3. The highest BCUT2D eigenvalue weighted by Gasteiger charge is 2.35. The summed E-state index contributed by atoms with van der Waals surface area (Å²) in [6.07, 6.45) is 2.53. The number of hydrogen-bond acceptors (Lipinski definition) is 4. The van der Waals surface area contributed by atoms with Gasteiger partial charge in [-0.1, -0.05) is 80.6 Å². The summed E-state index contributed by atoms with van der Waals surface area (Å²) < 4.78 is 0. The first-order valence-corrected chi connectivity index (χ1v) is 10.9.